The summed E-state index contributed by atoms with van der Waals surface area (Å²) in [5.41, 5.74) is 4.80. The van der Waals surface area contributed by atoms with Gasteiger partial charge in [0, 0.05) is 31.3 Å². The van der Waals surface area contributed by atoms with E-state index in [-0.39, 0.29) is 5.91 Å². The molecule has 4 aromatic heterocycles. The van der Waals surface area contributed by atoms with E-state index in [2.05, 4.69) is 33.3 Å². The van der Waals surface area contributed by atoms with E-state index in [1.54, 1.807) is 24.5 Å². The van der Waals surface area contributed by atoms with Gasteiger partial charge in [-0.15, -0.1) is 0 Å². The lowest BCUT2D eigenvalue weighted by Gasteiger charge is -2.31. The summed E-state index contributed by atoms with van der Waals surface area (Å²) >= 11 is 0. The highest BCUT2D eigenvalue weighted by Crippen LogP contribution is 2.32. The predicted molar refractivity (Wildman–Crippen MR) is 119 cm³/mol. The third-order valence-electron chi connectivity index (χ3n) is 5.82. The highest BCUT2D eigenvalue weighted by molar-refractivity contribution is 6.03. The minimum absolute atomic E-state index is 0.196. The van der Waals surface area contributed by atoms with Gasteiger partial charge in [0.25, 0.3) is 5.91 Å². The molecule has 0 fully saturated rings. The molecule has 1 atom stereocenters. The molecule has 4 aromatic rings. The molecular weight excluding hydrogens is 388 g/mol. The summed E-state index contributed by atoms with van der Waals surface area (Å²) in [5.74, 6) is 0.482. The van der Waals surface area contributed by atoms with Gasteiger partial charge in [0.2, 0.25) is 0 Å². The van der Waals surface area contributed by atoms with Crippen LogP contribution in [0.4, 0.5) is 5.82 Å². The number of fused-ring (bicyclic) bond motifs is 2. The van der Waals surface area contributed by atoms with Crippen LogP contribution in [0.3, 0.4) is 0 Å². The quantitative estimate of drug-likeness (QED) is 0.538. The van der Waals surface area contributed by atoms with Gasteiger partial charge in [-0.05, 0) is 62.2 Å². The van der Waals surface area contributed by atoms with Crippen LogP contribution in [-0.2, 0) is 13.0 Å². The molecule has 1 unspecified atom stereocenters. The number of anilines is 1. The van der Waals surface area contributed by atoms with E-state index in [1.165, 1.54) is 17.7 Å². The Labute approximate surface area is 180 Å². The van der Waals surface area contributed by atoms with Crippen molar-refractivity contribution in [1.82, 2.24) is 24.3 Å². The number of amides is 1. The number of carbonyl (C=O) groups excluding carboxylic acids is 1. The maximum Gasteiger partial charge on any atom is 0.258 e. The molecule has 0 bridgehead atoms. The molecule has 7 nitrogen and oxygen atoms in total. The molecule has 0 aliphatic heterocycles. The maximum absolute atomic E-state index is 12.6. The van der Waals surface area contributed by atoms with E-state index in [4.69, 9.17) is 4.98 Å². The Morgan fingerprint density at radius 3 is 2.97 bits per heavy atom. The third-order valence-corrected chi connectivity index (χ3v) is 5.82. The molecule has 0 spiro atoms. The van der Waals surface area contributed by atoms with Gasteiger partial charge in [-0.1, -0.05) is 12.1 Å². The number of hydrogen-bond donors (Lipinski definition) is 1. The average molecular weight is 412 g/mol. The van der Waals surface area contributed by atoms with E-state index < -0.39 is 0 Å². The van der Waals surface area contributed by atoms with Crippen molar-refractivity contribution < 1.29 is 4.79 Å². The zero-order valence-corrected chi connectivity index (χ0v) is 17.4. The Balaban J connectivity index is 1.37. The normalized spacial score (nSPS) is 15.7. The van der Waals surface area contributed by atoms with Gasteiger partial charge in [0.15, 0.2) is 0 Å². The van der Waals surface area contributed by atoms with Crippen LogP contribution < -0.4 is 5.32 Å². The number of carbonyl (C=O) groups is 1. The standard InChI is InChI=1S/C24H24N6O/c1-29(20-9-2-6-17-7-5-13-26-23(17)20)15-19-16-30-21(27-19)10-3-11-22(30)28-24(31)18-8-4-12-25-14-18/h3-5,7-8,10-14,16,20H,2,6,9,15H2,1H3,(H,28,31). The summed E-state index contributed by atoms with van der Waals surface area (Å²) in [6.07, 6.45) is 10.4. The summed E-state index contributed by atoms with van der Waals surface area (Å²) in [4.78, 5) is 28.3. The maximum atomic E-state index is 12.6. The summed E-state index contributed by atoms with van der Waals surface area (Å²) < 4.78 is 1.92. The molecule has 0 aromatic carbocycles. The molecule has 0 saturated heterocycles. The first-order valence-corrected chi connectivity index (χ1v) is 10.5. The number of rotatable bonds is 5. The van der Waals surface area contributed by atoms with Gasteiger partial charge in [-0.3, -0.25) is 24.1 Å². The van der Waals surface area contributed by atoms with E-state index in [9.17, 15) is 4.79 Å². The zero-order chi connectivity index (χ0) is 21.2. The van der Waals surface area contributed by atoms with Crippen LogP contribution in [0.15, 0.2) is 67.3 Å². The Kier molecular flexibility index (Phi) is 5.18. The van der Waals surface area contributed by atoms with Crippen molar-refractivity contribution >= 4 is 17.4 Å². The van der Waals surface area contributed by atoms with Gasteiger partial charge in [0.05, 0.1) is 23.0 Å². The molecular formula is C24H24N6O. The lowest BCUT2D eigenvalue weighted by molar-refractivity contribution is 0.102. The third kappa shape index (κ3) is 3.92. The second-order valence-corrected chi connectivity index (χ2v) is 7.94. The number of pyridine rings is 3. The topological polar surface area (TPSA) is 75.4 Å². The second kappa shape index (κ2) is 8.28. The van der Waals surface area contributed by atoms with E-state index in [1.807, 2.05) is 41.1 Å². The molecule has 1 aliphatic carbocycles. The predicted octanol–water partition coefficient (Wildman–Crippen LogP) is 3.89. The fourth-order valence-corrected chi connectivity index (χ4v) is 4.30. The van der Waals surface area contributed by atoms with Crippen LogP contribution in [0.1, 0.15) is 46.2 Å². The number of nitrogens with one attached hydrogen (secondary N) is 1. The van der Waals surface area contributed by atoms with Gasteiger partial charge in [0.1, 0.15) is 11.5 Å². The van der Waals surface area contributed by atoms with Gasteiger partial charge < -0.3 is 5.32 Å². The molecule has 1 aliphatic rings. The number of nitrogens with zero attached hydrogens (tertiary/aromatic N) is 5. The van der Waals surface area contributed by atoms with E-state index in [0.29, 0.717) is 24.0 Å². The number of aryl methyl sites for hydroxylation is 1. The smallest absolute Gasteiger partial charge is 0.258 e. The minimum atomic E-state index is -0.196. The molecule has 4 heterocycles. The van der Waals surface area contributed by atoms with Crippen LogP contribution in [0.5, 0.6) is 0 Å². The summed E-state index contributed by atoms with van der Waals surface area (Å²) in [5, 5.41) is 2.96. The molecule has 1 amide bonds. The second-order valence-electron chi connectivity index (χ2n) is 7.94. The Morgan fingerprint density at radius 1 is 1.19 bits per heavy atom. The van der Waals surface area contributed by atoms with Crippen molar-refractivity contribution in [2.45, 2.75) is 31.8 Å². The first-order valence-electron chi connectivity index (χ1n) is 10.5. The Morgan fingerprint density at radius 2 is 2.10 bits per heavy atom. The molecule has 156 valence electrons. The first kappa shape index (κ1) is 19.4. The van der Waals surface area contributed by atoms with Crippen molar-refractivity contribution in [1.29, 1.82) is 0 Å². The largest absolute Gasteiger partial charge is 0.308 e. The van der Waals surface area contributed by atoms with Crippen molar-refractivity contribution in [2.24, 2.45) is 0 Å². The first-order chi connectivity index (χ1) is 15.2. The lowest BCUT2D eigenvalue weighted by Crippen LogP contribution is -2.28. The van der Waals surface area contributed by atoms with Crippen molar-refractivity contribution in [2.75, 3.05) is 12.4 Å². The van der Waals surface area contributed by atoms with Gasteiger partial charge in [-0.2, -0.15) is 0 Å². The number of imidazole rings is 1. The number of hydrogen-bond acceptors (Lipinski definition) is 5. The highest BCUT2D eigenvalue weighted by Gasteiger charge is 2.25. The molecule has 1 N–H and O–H groups in total. The lowest BCUT2D eigenvalue weighted by atomic mass is 9.91. The Hall–Kier alpha value is -3.58. The van der Waals surface area contributed by atoms with Crippen molar-refractivity contribution in [3.8, 4) is 0 Å². The highest BCUT2D eigenvalue weighted by atomic mass is 16.1. The molecule has 0 saturated carbocycles. The van der Waals surface area contributed by atoms with Gasteiger partial charge >= 0.3 is 0 Å². The van der Waals surface area contributed by atoms with Gasteiger partial charge in [-0.25, -0.2) is 4.98 Å². The fraction of sp³-hybridized carbons (Fsp3) is 0.250. The van der Waals surface area contributed by atoms with Crippen LogP contribution >= 0.6 is 0 Å². The van der Waals surface area contributed by atoms with Crippen LogP contribution in [0.25, 0.3) is 5.65 Å². The van der Waals surface area contributed by atoms with Crippen molar-refractivity contribution in [3.63, 3.8) is 0 Å². The number of aromatic nitrogens is 4. The average Bonchev–Trinajstić information content (AvgIpc) is 3.22. The monoisotopic (exact) mass is 412 g/mol. The van der Waals surface area contributed by atoms with Crippen LogP contribution in [0.2, 0.25) is 0 Å². The SMILES string of the molecule is CN(Cc1cn2c(NC(=O)c3cccnc3)cccc2n1)C1CCCc2cccnc21. The molecule has 7 heteroatoms. The zero-order valence-electron chi connectivity index (χ0n) is 17.4. The van der Waals surface area contributed by atoms with E-state index in [0.717, 1.165) is 24.2 Å². The minimum Gasteiger partial charge on any atom is -0.308 e. The fourth-order valence-electron chi connectivity index (χ4n) is 4.30. The van der Waals surface area contributed by atoms with Crippen molar-refractivity contribution in [3.05, 3.63) is 89.8 Å². The summed E-state index contributed by atoms with van der Waals surface area (Å²) in [6, 6.07) is 13.7. The molecule has 31 heavy (non-hydrogen) atoms. The van der Waals surface area contributed by atoms with Crippen LogP contribution in [-0.4, -0.2) is 37.2 Å². The van der Waals surface area contributed by atoms with Crippen LogP contribution in [0, 0.1) is 0 Å². The summed E-state index contributed by atoms with van der Waals surface area (Å²) in [7, 11) is 2.13. The Bertz CT molecular complexity index is 1220. The molecule has 0 radical (unpaired) electrons. The summed E-state index contributed by atoms with van der Waals surface area (Å²) in [6.45, 7) is 0.707. The molecule has 5 rings (SSSR count). The van der Waals surface area contributed by atoms with E-state index >= 15 is 0 Å².